The van der Waals surface area contributed by atoms with E-state index in [2.05, 4.69) is 47.2 Å². The van der Waals surface area contributed by atoms with E-state index < -0.39 is 138 Å². The summed E-state index contributed by atoms with van der Waals surface area (Å²) in [4.78, 5) is 143. The van der Waals surface area contributed by atoms with Crippen LogP contribution in [0.4, 0.5) is 0 Å². The maximum absolute atomic E-state index is 14.3. The zero-order chi connectivity index (χ0) is 53.5. The number of carboxylic acid groups (broad SMARTS) is 1. The number of nitrogens with zero attached hydrogens (tertiary/aromatic N) is 2. The van der Waals surface area contributed by atoms with Gasteiger partial charge in [-0.05, 0) is 73.9 Å². The van der Waals surface area contributed by atoms with Crippen molar-refractivity contribution < 1.29 is 58.2 Å². The number of H-pyrrole nitrogens is 1. The number of nitrogens with two attached hydrogens (primary N) is 2. The summed E-state index contributed by atoms with van der Waals surface area (Å²) in [5.74, 6) is -8.69. The molecule has 1 aliphatic heterocycles. The summed E-state index contributed by atoms with van der Waals surface area (Å²) in [7, 11) is 0. The van der Waals surface area contributed by atoms with E-state index in [0.29, 0.717) is 30.0 Å². The summed E-state index contributed by atoms with van der Waals surface area (Å²) in [6.07, 6.45) is 6.94. The van der Waals surface area contributed by atoms with E-state index in [4.69, 9.17) is 11.5 Å². The SMILES string of the molecule is CC[C@H](C)[C@H](NC(=O)[C@@H]1CCCN1C(=O)[C@H](CCSC)NC(=O)[C@@H](N)CO)C(=O)N[C@@H](Cc1cnc[nH]1)C(=O)N[C@@H](CCC(N)=O)C(=O)N[C@H](C(=O)N[C@@H](CCSC)C(=O)N[C@H](C(=O)O)C(C)C)C(C)C. The third kappa shape index (κ3) is 19.9. The lowest BCUT2D eigenvalue weighted by atomic mass is 9.96. The van der Waals surface area contributed by atoms with Crippen molar-refractivity contribution in [3.05, 3.63) is 18.2 Å². The first-order valence-corrected chi connectivity index (χ1v) is 26.6. The largest absolute Gasteiger partial charge is 0.480 e. The van der Waals surface area contributed by atoms with Crippen LogP contribution in [0.15, 0.2) is 12.5 Å². The van der Waals surface area contributed by atoms with Crippen molar-refractivity contribution in [2.24, 2.45) is 29.2 Å². The fraction of sp³-hybridized carbons (Fsp3) is 0.711. The summed E-state index contributed by atoms with van der Waals surface area (Å²) >= 11 is 2.84. The van der Waals surface area contributed by atoms with E-state index in [0.717, 1.165) is 0 Å². The molecule has 1 aromatic heterocycles. The Morgan fingerprint density at radius 2 is 1.25 bits per heavy atom. The number of imidazole rings is 1. The summed E-state index contributed by atoms with van der Waals surface area (Å²) in [6, 6.07) is -11.2. The molecule has 0 unspecified atom stereocenters. The maximum Gasteiger partial charge on any atom is 0.326 e. The number of rotatable bonds is 32. The van der Waals surface area contributed by atoms with Crippen LogP contribution < -0.4 is 48.7 Å². The molecule has 0 aromatic carbocycles. The fourth-order valence-corrected chi connectivity index (χ4v) is 8.49. The van der Waals surface area contributed by atoms with Crippen molar-refractivity contribution >= 4 is 82.7 Å². The molecule has 1 fully saturated rings. The average molecular weight is 1040 g/mol. The molecule has 2 heterocycles. The second-order valence-electron chi connectivity index (χ2n) is 18.2. The number of nitrogens with one attached hydrogen (secondary N) is 8. The number of thioether (sulfide) groups is 2. The minimum atomic E-state index is -1.50. The normalized spacial score (nSPS) is 17.3. The van der Waals surface area contributed by atoms with E-state index in [1.54, 1.807) is 47.8 Å². The maximum atomic E-state index is 14.3. The molecule has 1 aromatic rings. The molecular formula is C45H76N12O12S2. The quantitative estimate of drug-likeness (QED) is 0.0367. The van der Waals surface area contributed by atoms with Crippen LogP contribution in [0.5, 0.6) is 0 Å². The van der Waals surface area contributed by atoms with Crippen molar-refractivity contribution in [3.63, 3.8) is 0 Å². The molecule has 2 rings (SSSR count). The molecule has 400 valence electrons. The third-order valence-corrected chi connectivity index (χ3v) is 13.3. The topological polar surface area (TPSA) is 379 Å². The van der Waals surface area contributed by atoms with Gasteiger partial charge in [0.2, 0.25) is 53.2 Å². The Kier molecular flexibility index (Phi) is 27.0. The van der Waals surface area contributed by atoms with Crippen LogP contribution in [0.25, 0.3) is 0 Å². The number of aliphatic carboxylic acids is 1. The van der Waals surface area contributed by atoms with E-state index in [9.17, 15) is 58.2 Å². The summed E-state index contributed by atoms with van der Waals surface area (Å²) in [5, 5.41) is 37.5. The minimum Gasteiger partial charge on any atom is -0.480 e. The number of amides is 9. The van der Waals surface area contributed by atoms with Gasteiger partial charge in [-0.15, -0.1) is 0 Å². The first-order valence-electron chi connectivity index (χ1n) is 23.8. The number of aliphatic hydroxyl groups is 1. The molecular weight excluding hydrogens is 965 g/mol. The highest BCUT2D eigenvalue weighted by Crippen LogP contribution is 2.21. The van der Waals surface area contributed by atoms with Crippen LogP contribution >= 0.6 is 23.5 Å². The summed E-state index contributed by atoms with van der Waals surface area (Å²) < 4.78 is 0. The summed E-state index contributed by atoms with van der Waals surface area (Å²) in [6.45, 7) is 9.56. The standard InChI is InChI=1S/C45H76N12O12S2/c1-9-25(6)36(56-41(64)32-11-10-16-57(32)44(67)30(15-18-71-8)52-37(60)27(46)21-58)43(66)53-31(19-26-20-48-22-49-26)40(63)50-28(12-13-33(47)59)38(61)54-34(23(2)3)42(65)51-29(14-17-70-7)39(62)55-35(24(4)5)45(68)69/h20,22-25,27-32,34-36,58H,9-19,21,46H2,1-8H3,(H2,47,59)(H,48,49)(H,50,63)(H,51,65)(H,52,60)(H,53,66)(H,54,61)(H,55,62)(H,56,64)(H,68,69)/t25-,27-,28-,29-,30-,31-,32-,34-,35-,36-/m0/s1. The number of carbonyl (C=O) groups is 10. The Morgan fingerprint density at radius 1 is 0.732 bits per heavy atom. The lowest BCUT2D eigenvalue weighted by Crippen LogP contribution is -2.61. The monoisotopic (exact) mass is 1040 g/mol. The highest BCUT2D eigenvalue weighted by molar-refractivity contribution is 7.98. The molecule has 10 atom stereocenters. The number of primary amides is 1. The second-order valence-corrected chi connectivity index (χ2v) is 20.2. The molecule has 14 N–H and O–H groups in total. The molecule has 0 spiro atoms. The Labute approximate surface area is 423 Å². The van der Waals surface area contributed by atoms with Gasteiger partial charge in [-0.1, -0.05) is 48.0 Å². The molecule has 1 aliphatic rings. The molecule has 24 nitrogen and oxygen atoms in total. The van der Waals surface area contributed by atoms with Crippen molar-refractivity contribution in [3.8, 4) is 0 Å². The van der Waals surface area contributed by atoms with Crippen molar-refractivity contribution in [1.29, 1.82) is 0 Å². The Morgan fingerprint density at radius 3 is 1.77 bits per heavy atom. The van der Waals surface area contributed by atoms with Gasteiger partial charge in [-0.2, -0.15) is 23.5 Å². The van der Waals surface area contributed by atoms with Crippen LogP contribution in [-0.2, 0) is 54.4 Å². The van der Waals surface area contributed by atoms with Crippen LogP contribution in [-0.4, -0.2) is 176 Å². The van der Waals surface area contributed by atoms with Gasteiger partial charge in [-0.25, -0.2) is 9.78 Å². The number of aromatic amines is 1. The molecule has 0 aliphatic carbocycles. The third-order valence-electron chi connectivity index (χ3n) is 12.0. The minimum absolute atomic E-state index is 0.130. The van der Waals surface area contributed by atoms with Gasteiger partial charge in [0.25, 0.3) is 0 Å². The van der Waals surface area contributed by atoms with Crippen LogP contribution in [0, 0.1) is 17.8 Å². The molecule has 9 amide bonds. The lowest BCUT2D eigenvalue weighted by Gasteiger charge is -2.32. The summed E-state index contributed by atoms with van der Waals surface area (Å²) in [5.41, 5.74) is 11.5. The predicted molar refractivity (Wildman–Crippen MR) is 267 cm³/mol. The first kappa shape index (κ1) is 61.6. The van der Waals surface area contributed by atoms with E-state index in [1.807, 2.05) is 6.26 Å². The number of likely N-dealkylation sites (tertiary alicyclic amines) is 1. The first-order chi connectivity index (χ1) is 33.5. The molecule has 0 saturated carbocycles. The number of hydrogen-bond acceptors (Lipinski definition) is 15. The average Bonchev–Trinajstić information content (AvgIpc) is 4.04. The Balaban J connectivity index is 2.41. The number of aromatic nitrogens is 2. The van der Waals surface area contributed by atoms with Gasteiger partial charge in [0.05, 0.1) is 12.9 Å². The van der Waals surface area contributed by atoms with Gasteiger partial charge in [0, 0.05) is 31.3 Å². The van der Waals surface area contributed by atoms with E-state index >= 15 is 0 Å². The van der Waals surface area contributed by atoms with Crippen LogP contribution in [0.1, 0.15) is 92.2 Å². The number of carbonyl (C=O) groups excluding carboxylic acids is 9. The van der Waals surface area contributed by atoms with Gasteiger partial charge in [0.1, 0.15) is 54.4 Å². The van der Waals surface area contributed by atoms with Gasteiger partial charge in [-0.3, -0.25) is 43.2 Å². The van der Waals surface area contributed by atoms with E-state index in [1.165, 1.54) is 40.9 Å². The second kappa shape index (κ2) is 31.1. The molecule has 71 heavy (non-hydrogen) atoms. The molecule has 0 bridgehead atoms. The number of hydrogen-bond donors (Lipinski definition) is 12. The van der Waals surface area contributed by atoms with Crippen molar-refractivity contribution in [2.45, 2.75) is 147 Å². The zero-order valence-electron chi connectivity index (χ0n) is 41.9. The smallest absolute Gasteiger partial charge is 0.326 e. The fourth-order valence-electron chi connectivity index (χ4n) is 7.55. The number of aliphatic hydroxyl groups excluding tert-OH is 1. The van der Waals surface area contributed by atoms with Gasteiger partial charge >= 0.3 is 5.97 Å². The Bertz CT molecular complexity index is 1960. The van der Waals surface area contributed by atoms with Crippen molar-refractivity contribution in [2.75, 3.05) is 37.2 Å². The predicted octanol–water partition coefficient (Wildman–Crippen LogP) is -2.13. The van der Waals surface area contributed by atoms with Crippen LogP contribution in [0.3, 0.4) is 0 Å². The van der Waals surface area contributed by atoms with Gasteiger partial charge < -0.3 is 68.8 Å². The molecule has 0 radical (unpaired) electrons. The zero-order valence-corrected chi connectivity index (χ0v) is 43.5. The lowest BCUT2D eigenvalue weighted by molar-refractivity contribution is -0.143. The highest BCUT2D eigenvalue weighted by Gasteiger charge is 2.41. The van der Waals surface area contributed by atoms with Crippen molar-refractivity contribution in [1.82, 2.24) is 52.1 Å². The molecule has 1 saturated heterocycles. The number of carboxylic acids is 1. The van der Waals surface area contributed by atoms with E-state index in [-0.39, 0.29) is 45.1 Å². The molecule has 26 heteroatoms. The van der Waals surface area contributed by atoms with Gasteiger partial charge in [0.15, 0.2) is 0 Å². The Hall–Kier alpha value is -5.47. The van der Waals surface area contributed by atoms with Crippen LogP contribution in [0.2, 0.25) is 0 Å². The highest BCUT2D eigenvalue weighted by atomic mass is 32.2.